The molecular weight excluding hydrogens is 393 g/mol. The number of para-hydroxylation sites is 1. The first-order valence-electron chi connectivity index (χ1n) is 10.2. The van der Waals surface area contributed by atoms with Crippen molar-refractivity contribution in [3.05, 3.63) is 59.4 Å². The van der Waals surface area contributed by atoms with Crippen LogP contribution in [0.4, 0.5) is 18.9 Å². The SMILES string of the molecule is Cc1cc(F)ccc1NC(=O)CCC1CCCN(Cc2ccccc2OC(F)F)C1. The number of nitrogens with one attached hydrogen (secondary N) is 1. The Balaban J connectivity index is 1.50. The summed E-state index contributed by atoms with van der Waals surface area (Å²) in [6, 6.07) is 11.2. The molecule has 0 bridgehead atoms. The normalized spacial score (nSPS) is 17.2. The minimum absolute atomic E-state index is 0.0856. The van der Waals surface area contributed by atoms with Gasteiger partial charge in [0.15, 0.2) is 0 Å². The summed E-state index contributed by atoms with van der Waals surface area (Å²) in [4.78, 5) is 14.5. The number of rotatable bonds is 8. The molecular formula is C23H27F3N2O2. The van der Waals surface area contributed by atoms with Gasteiger partial charge < -0.3 is 10.1 Å². The van der Waals surface area contributed by atoms with Crippen molar-refractivity contribution in [2.45, 2.75) is 45.8 Å². The Morgan fingerprint density at radius 1 is 1.27 bits per heavy atom. The molecule has 1 N–H and O–H groups in total. The van der Waals surface area contributed by atoms with Crippen molar-refractivity contribution in [3.63, 3.8) is 0 Å². The van der Waals surface area contributed by atoms with E-state index in [9.17, 15) is 18.0 Å². The maximum absolute atomic E-state index is 13.2. The van der Waals surface area contributed by atoms with Crippen LogP contribution < -0.4 is 10.1 Å². The first-order valence-corrected chi connectivity index (χ1v) is 10.2. The number of carbonyl (C=O) groups is 1. The molecule has 1 saturated heterocycles. The number of hydrogen-bond acceptors (Lipinski definition) is 3. The molecule has 0 aromatic heterocycles. The van der Waals surface area contributed by atoms with Crippen molar-refractivity contribution in [2.75, 3.05) is 18.4 Å². The van der Waals surface area contributed by atoms with Gasteiger partial charge in [-0.3, -0.25) is 9.69 Å². The number of ether oxygens (including phenoxy) is 1. The van der Waals surface area contributed by atoms with Crippen LogP contribution in [0.3, 0.4) is 0 Å². The standard InChI is InChI=1S/C23H27F3N2O2/c1-16-13-19(24)9-10-20(16)27-22(29)11-8-17-5-4-12-28(14-17)15-18-6-2-3-7-21(18)30-23(25)26/h2-3,6-7,9-10,13,17,23H,4-5,8,11-12,14-15H2,1H3,(H,27,29). The number of benzene rings is 2. The van der Waals surface area contributed by atoms with E-state index >= 15 is 0 Å². The van der Waals surface area contributed by atoms with Crippen LogP contribution in [-0.2, 0) is 11.3 Å². The van der Waals surface area contributed by atoms with Crippen LogP contribution in [0.25, 0.3) is 0 Å². The summed E-state index contributed by atoms with van der Waals surface area (Å²) in [6.45, 7) is 1.16. The number of anilines is 1. The molecule has 3 rings (SSSR count). The summed E-state index contributed by atoms with van der Waals surface area (Å²) in [7, 11) is 0. The number of carbonyl (C=O) groups excluding carboxylic acids is 1. The molecule has 0 saturated carbocycles. The molecule has 1 atom stereocenters. The van der Waals surface area contributed by atoms with E-state index in [1.165, 1.54) is 12.1 Å². The molecule has 0 aliphatic carbocycles. The van der Waals surface area contributed by atoms with Crippen LogP contribution in [-0.4, -0.2) is 30.5 Å². The van der Waals surface area contributed by atoms with E-state index in [0.717, 1.165) is 37.9 Å². The van der Waals surface area contributed by atoms with Crippen LogP contribution in [0.1, 0.15) is 36.8 Å². The maximum atomic E-state index is 13.2. The second-order valence-electron chi connectivity index (χ2n) is 7.78. The molecule has 1 unspecified atom stereocenters. The van der Waals surface area contributed by atoms with Gasteiger partial charge in [0.1, 0.15) is 11.6 Å². The lowest BCUT2D eigenvalue weighted by molar-refractivity contribution is -0.116. The highest BCUT2D eigenvalue weighted by Gasteiger charge is 2.22. The second kappa shape index (κ2) is 10.5. The Morgan fingerprint density at radius 2 is 2.07 bits per heavy atom. The molecule has 7 heteroatoms. The summed E-state index contributed by atoms with van der Waals surface area (Å²) >= 11 is 0. The number of alkyl halides is 2. The molecule has 2 aromatic carbocycles. The van der Waals surface area contributed by atoms with Crippen molar-refractivity contribution >= 4 is 11.6 Å². The molecule has 1 aliphatic rings. The summed E-state index contributed by atoms with van der Waals surface area (Å²) in [5.41, 5.74) is 2.06. The van der Waals surface area contributed by atoms with E-state index in [1.54, 1.807) is 31.2 Å². The van der Waals surface area contributed by atoms with Crippen LogP contribution >= 0.6 is 0 Å². The molecule has 1 fully saturated rings. The second-order valence-corrected chi connectivity index (χ2v) is 7.78. The molecule has 0 radical (unpaired) electrons. The van der Waals surface area contributed by atoms with Crippen LogP contribution in [0, 0.1) is 18.7 Å². The lowest BCUT2D eigenvalue weighted by Crippen LogP contribution is -2.35. The monoisotopic (exact) mass is 420 g/mol. The predicted molar refractivity (Wildman–Crippen MR) is 110 cm³/mol. The highest BCUT2D eigenvalue weighted by Crippen LogP contribution is 2.27. The van der Waals surface area contributed by atoms with Gasteiger partial charge in [-0.05, 0) is 68.5 Å². The van der Waals surface area contributed by atoms with Gasteiger partial charge in [-0.15, -0.1) is 0 Å². The van der Waals surface area contributed by atoms with E-state index in [4.69, 9.17) is 0 Å². The average Bonchev–Trinajstić information content (AvgIpc) is 2.70. The third-order valence-corrected chi connectivity index (χ3v) is 5.43. The summed E-state index contributed by atoms with van der Waals surface area (Å²) in [5.74, 6) is 0.163. The van der Waals surface area contributed by atoms with Gasteiger partial charge >= 0.3 is 6.61 Å². The largest absolute Gasteiger partial charge is 0.434 e. The fourth-order valence-corrected chi connectivity index (χ4v) is 3.93. The Labute approximate surface area is 175 Å². The summed E-state index contributed by atoms with van der Waals surface area (Å²) in [5, 5.41) is 2.85. The zero-order chi connectivity index (χ0) is 21.5. The van der Waals surface area contributed by atoms with Crippen molar-refractivity contribution in [3.8, 4) is 5.75 Å². The lowest BCUT2D eigenvalue weighted by atomic mass is 9.93. The Hall–Kier alpha value is -2.54. The van der Waals surface area contributed by atoms with Gasteiger partial charge in [0.2, 0.25) is 5.91 Å². The first kappa shape index (κ1) is 22.2. The number of aryl methyl sites for hydroxylation is 1. The van der Waals surface area contributed by atoms with E-state index < -0.39 is 6.61 Å². The number of piperidine rings is 1. The highest BCUT2D eigenvalue weighted by atomic mass is 19.3. The molecule has 2 aromatic rings. The molecule has 1 heterocycles. The third-order valence-electron chi connectivity index (χ3n) is 5.43. The summed E-state index contributed by atoms with van der Waals surface area (Å²) in [6.07, 6.45) is 3.17. The van der Waals surface area contributed by atoms with Crippen molar-refractivity contribution in [2.24, 2.45) is 5.92 Å². The van der Waals surface area contributed by atoms with Gasteiger partial charge in [0.25, 0.3) is 0 Å². The van der Waals surface area contributed by atoms with E-state index in [0.29, 0.717) is 30.1 Å². The van der Waals surface area contributed by atoms with Crippen molar-refractivity contribution in [1.82, 2.24) is 4.90 Å². The zero-order valence-corrected chi connectivity index (χ0v) is 17.0. The minimum atomic E-state index is -2.84. The maximum Gasteiger partial charge on any atom is 0.387 e. The molecule has 4 nitrogen and oxygen atoms in total. The average molecular weight is 420 g/mol. The topological polar surface area (TPSA) is 41.6 Å². The molecule has 1 aliphatic heterocycles. The Morgan fingerprint density at radius 3 is 2.83 bits per heavy atom. The third kappa shape index (κ3) is 6.49. The lowest BCUT2D eigenvalue weighted by Gasteiger charge is -2.33. The van der Waals surface area contributed by atoms with Gasteiger partial charge in [0, 0.05) is 30.8 Å². The number of hydrogen-bond donors (Lipinski definition) is 1. The van der Waals surface area contributed by atoms with Crippen LogP contribution in [0.2, 0.25) is 0 Å². The number of amides is 1. The quantitative estimate of drug-likeness (QED) is 0.625. The minimum Gasteiger partial charge on any atom is -0.434 e. The molecule has 30 heavy (non-hydrogen) atoms. The smallest absolute Gasteiger partial charge is 0.387 e. The fraction of sp³-hybridized carbons (Fsp3) is 0.435. The number of halogens is 3. The van der Waals surface area contributed by atoms with Crippen LogP contribution in [0.5, 0.6) is 5.75 Å². The number of likely N-dealkylation sites (tertiary alicyclic amines) is 1. The molecule has 0 spiro atoms. The first-order chi connectivity index (χ1) is 14.4. The molecule has 1 amide bonds. The predicted octanol–water partition coefficient (Wildman–Crippen LogP) is 5.37. The van der Waals surface area contributed by atoms with E-state index in [-0.39, 0.29) is 17.5 Å². The molecule has 162 valence electrons. The van der Waals surface area contributed by atoms with Gasteiger partial charge in [-0.1, -0.05) is 18.2 Å². The highest BCUT2D eigenvalue weighted by molar-refractivity contribution is 5.91. The van der Waals surface area contributed by atoms with Crippen molar-refractivity contribution in [1.29, 1.82) is 0 Å². The van der Waals surface area contributed by atoms with E-state index in [2.05, 4.69) is 15.0 Å². The summed E-state index contributed by atoms with van der Waals surface area (Å²) < 4.78 is 43.1. The van der Waals surface area contributed by atoms with Crippen molar-refractivity contribution < 1.29 is 22.7 Å². The Kier molecular flexibility index (Phi) is 7.74. The number of nitrogens with zero attached hydrogens (tertiary/aromatic N) is 1. The van der Waals surface area contributed by atoms with Gasteiger partial charge in [-0.2, -0.15) is 8.78 Å². The Bertz CT molecular complexity index is 860. The van der Waals surface area contributed by atoms with Gasteiger partial charge in [-0.25, -0.2) is 4.39 Å². The van der Waals surface area contributed by atoms with Gasteiger partial charge in [0.05, 0.1) is 0 Å². The van der Waals surface area contributed by atoms with E-state index in [1.807, 2.05) is 6.07 Å². The zero-order valence-electron chi connectivity index (χ0n) is 17.0. The fourth-order valence-electron chi connectivity index (χ4n) is 3.93. The van der Waals surface area contributed by atoms with Crippen LogP contribution in [0.15, 0.2) is 42.5 Å².